The van der Waals surface area contributed by atoms with Crippen molar-refractivity contribution >= 4 is 21.6 Å². The van der Waals surface area contributed by atoms with Gasteiger partial charge >= 0.3 is 6.09 Å². The van der Waals surface area contributed by atoms with Crippen molar-refractivity contribution in [3.8, 4) is 0 Å². The number of anilines is 1. The monoisotopic (exact) mass is 315 g/mol. The third kappa shape index (κ3) is 3.04. The Bertz CT molecular complexity index is 665. The topological polar surface area (TPSA) is 90.3 Å². The molecule has 0 radical (unpaired) electrons. The first kappa shape index (κ1) is 15.8. The van der Waals surface area contributed by atoms with E-state index in [1.807, 2.05) is 13.8 Å². The minimum absolute atomic E-state index is 0.0702. The van der Waals surface area contributed by atoms with E-state index in [0.29, 0.717) is 17.8 Å². The van der Waals surface area contributed by atoms with Crippen LogP contribution in [-0.4, -0.2) is 42.4 Å². The molecule has 21 heavy (non-hydrogen) atoms. The highest BCUT2D eigenvalue weighted by Gasteiger charge is 2.42. The molecule has 2 heterocycles. The summed E-state index contributed by atoms with van der Waals surface area (Å²) >= 11 is 0. The fraction of sp³-hybridized carbons (Fsp3) is 0.692. The first-order chi connectivity index (χ1) is 9.68. The van der Waals surface area contributed by atoms with E-state index in [2.05, 4.69) is 10.4 Å². The Kier molecular flexibility index (Phi) is 4.01. The molecule has 0 saturated carbocycles. The SMILES string of the molecule is CCOC(=O)Nc1c(C)nn([C@]2(C)CCS(=O)(=O)C2)c1C. The first-order valence-corrected chi connectivity index (χ1v) is 8.71. The van der Waals surface area contributed by atoms with Gasteiger partial charge in [0.15, 0.2) is 9.84 Å². The van der Waals surface area contributed by atoms with Gasteiger partial charge < -0.3 is 4.74 Å². The van der Waals surface area contributed by atoms with E-state index in [1.54, 1.807) is 18.5 Å². The number of nitrogens with zero attached hydrogens (tertiary/aromatic N) is 2. The highest BCUT2D eigenvalue weighted by molar-refractivity contribution is 7.91. The number of nitrogens with one attached hydrogen (secondary N) is 1. The van der Waals surface area contributed by atoms with Gasteiger partial charge in [-0.25, -0.2) is 13.2 Å². The number of aryl methyl sites for hydroxylation is 1. The normalized spacial score (nSPS) is 24.0. The fourth-order valence-corrected chi connectivity index (χ4v) is 4.89. The summed E-state index contributed by atoms with van der Waals surface area (Å²) < 4.78 is 30.1. The molecule has 0 unspecified atom stereocenters. The van der Waals surface area contributed by atoms with Gasteiger partial charge in [-0.2, -0.15) is 5.10 Å². The zero-order valence-electron chi connectivity index (χ0n) is 12.8. The van der Waals surface area contributed by atoms with Crippen molar-refractivity contribution in [3.05, 3.63) is 11.4 Å². The Hall–Kier alpha value is -1.57. The summed E-state index contributed by atoms with van der Waals surface area (Å²) in [6.45, 7) is 7.49. The Labute approximate surface area is 124 Å². The van der Waals surface area contributed by atoms with Crippen LogP contribution in [0.15, 0.2) is 0 Å². The first-order valence-electron chi connectivity index (χ1n) is 6.89. The minimum Gasteiger partial charge on any atom is -0.450 e. The maximum absolute atomic E-state index is 11.8. The summed E-state index contributed by atoms with van der Waals surface area (Å²) in [4.78, 5) is 11.6. The maximum Gasteiger partial charge on any atom is 0.411 e. The molecule has 1 amide bonds. The summed E-state index contributed by atoms with van der Waals surface area (Å²) in [5.41, 5.74) is 1.40. The standard InChI is InChI=1S/C13H21N3O4S/c1-5-20-12(17)14-11-9(2)15-16(10(11)3)13(4)6-7-21(18,19)8-13/h5-8H2,1-4H3,(H,14,17)/t13-/m1/s1. The largest absolute Gasteiger partial charge is 0.450 e. The van der Waals surface area contributed by atoms with Crippen LogP contribution in [0.25, 0.3) is 0 Å². The number of amides is 1. The molecule has 7 nitrogen and oxygen atoms in total. The van der Waals surface area contributed by atoms with E-state index in [9.17, 15) is 13.2 Å². The summed E-state index contributed by atoms with van der Waals surface area (Å²) in [7, 11) is -3.03. The Balaban J connectivity index is 2.33. The number of hydrogen-bond donors (Lipinski definition) is 1. The van der Waals surface area contributed by atoms with Crippen molar-refractivity contribution < 1.29 is 17.9 Å². The van der Waals surface area contributed by atoms with Gasteiger partial charge in [-0.15, -0.1) is 0 Å². The van der Waals surface area contributed by atoms with Crippen molar-refractivity contribution in [1.29, 1.82) is 0 Å². The lowest BCUT2D eigenvalue weighted by atomic mass is 10.0. The highest BCUT2D eigenvalue weighted by Crippen LogP contribution is 2.34. The molecule has 1 aromatic heterocycles. The van der Waals surface area contributed by atoms with Crippen LogP contribution in [0.1, 0.15) is 31.7 Å². The van der Waals surface area contributed by atoms with Crippen LogP contribution in [-0.2, 0) is 20.1 Å². The molecule has 118 valence electrons. The molecule has 1 N–H and O–H groups in total. The molecule has 1 fully saturated rings. The van der Waals surface area contributed by atoms with Crippen molar-refractivity contribution in [1.82, 2.24) is 9.78 Å². The molecule has 8 heteroatoms. The Morgan fingerprint density at radius 3 is 2.67 bits per heavy atom. The second-order valence-corrected chi connectivity index (χ2v) is 7.83. The highest BCUT2D eigenvalue weighted by atomic mass is 32.2. The zero-order chi connectivity index (χ0) is 15.8. The smallest absolute Gasteiger partial charge is 0.411 e. The van der Waals surface area contributed by atoms with E-state index >= 15 is 0 Å². The number of sulfone groups is 1. The van der Waals surface area contributed by atoms with Crippen molar-refractivity contribution in [2.75, 3.05) is 23.4 Å². The average molecular weight is 315 g/mol. The molecular formula is C13H21N3O4S. The Morgan fingerprint density at radius 2 is 2.14 bits per heavy atom. The van der Waals surface area contributed by atoms with Crippen LogP contribution < -0.4 is 5.32 Å². The number of carbonyl (C=O) groups excluding carboxylic acids is 1. The molecule has 0 bridgehead atoms. The summed E-state index contributed by atoms with van der Waals surface area (Å²) in [5.74, 6) is 0.239. The van der Waals surface area contributed by atoms with Crippen LogP contribution >= 0.6 is 0 Å². The summed E-state index contributed by atoms with van der Waals surface area (Å²) in [6.07, 6.45) is -0.0108. The quantitative estimate of drug-likeness (QED) is 0.915. The van der Waals surface area contributed by atoms with Gasteiger partial charge in [0.05, 0.1) is 40.7 Å². The van der Waals surface area contributed by atoms with Gasteiger partial charge in [-0.05, 0) is 34.1 Å². The van der Waals surface area contributed by atoms with E-state index in [1.165, 1.54) is 0 Å². The molecule has 1 atom stereocenters. The third-order valence-electron chi connectivity index (χ3n) is 3.79. The molecule has 0 spiro atoms. The van der Waals surface area contributed by atoms with Crippen molar-refractivity contribution in [2.45, 2.75) is 39.7 Å². The van der Waals surface area contributed by atoms with E-state index in [0.717, 1.165) is 5.69 Å². The minimum atomic E-state index is -3.03. The van der Waals surface area contributed by atoms with Gasteiger partial charge in [-0.1, -0.05) is 0 Å². The maximum atomic E-state index is 11.8. The lowest BCUT2D eigenvalue weighted by Crippen LogP contribution is -2.33. The number of aromatic nitrogens is 2. The number of rotatable bonds is 3. The van der Waals surface area contributed by atoms with Crippen LogP contribution in [0.2, 0.25) is 0 Å². The lowest BCUT2D eigenvalue weighted by molar-refractivity contribution is 0.168. The Morgan fingerprint density at radius 1 is 1.48 bits per heavy atom. The summed E-state index contributed by atoms with van der Waals surface area (Å²) in [5, 5.41) is 7.09. The van der Waals surface area contributed by atoms with Crippen LogP contribution in [0.3, 0.4) is 0 Å². The molecule has 0 aliphatic carbocycles. The van der Waals surface area contributed by atoms with E-state index < -0.39 is 21.5 Å². The number of carbonyl (C=O) groups is 1. The van der Waals surface area contributed by atoms with Gasteiger partial charge in [0, 0.05) is 0 Å². The van der Waals surface area contributed by atoms with Crippen LogP contribution in [0, 0.1) is 13.8 Å². The second kappa shape index (κ2) is 5.32. The lowest BCUT2D eigenvalue weighted by Gasteiger charge is -2.24. The molecule has 1 aliphatic heterocycles. The van der Waals surface area contributed by atoms with Crippen molar-refractivity contribution in [3.63, 3.8) is 0 Å². The molecule has 0 aromatic carbocycles. The van der Waals surface area contributed by atoms with E-state index in [-0.39, 0.29) is 18.1 Å². The number of hydrogen-bond acceptors (Lipinski definition) is 5. The molecule has 1 saturated heterocycles. The number of ether oxygens (including phenoxy) is 1. The van der Waals surface area contributed by atoms with Gasteiger partial charge in [0.2, 0.25) is 0 Å². The summed E-state index contributed by atoms with van der Waals surface area (Å²) in [6, 6.07) is 0. The van der Waals surface area contributed by atoms with Gasteiger partial charge in [0.1, 0.15) is 0 Å². The second-order valence-electron chi connectivity index (χ2n) is 5.64. The molecule has 1 aliphatic rings. The van der Waals surface area contributed by atoms with Gasteiger partial charge in [-0.3, -0.25) is 10.00 Å². The third-order valence-corrected chi connectivity index (χ3v) is 5.68. The van der Waals surface area contributed by atoms with Crippen molar-refractivity contribution in [2.24, 2.45) is 0 Å². The predicted octanol–water partition coefficient (Wildman–Crippen LogP) is 1.60. The fourth-order valence-electron chi connectivity index (χ4n) is 2.78. The predicted molar refractivity (Wildman–Crippen MR) is 79.3 cm³/mol. The van der Waals surface area contributed by atoms with Crippen LogP contribution in [0.4, 0.5) is 10.5 Å². The average Bonchev–Trinajstić information content (AvgIpc) is 2.81. The zero-order valence-corrected chi connectivity index (χ0v) is 13.6. The molecule has 2 rings (SSSR count). The van der Waals surface area contributed by atoms with Gasteiger partial charge in [0.25, 0.3) is 0 Å². The molecular weight excluding hydrogens is 294 g/mol. The van der Waals surface area contributed by atoms with Crippen LogP contribution in [0.5, 0.6) is 0 Å². The van der Waals surface area contributed by atoms with E-state index in [4.69, 9.17) is 4.74 Å². The molecule has 1 aromatic rings.